The van der Waals surface area contributed by atoms with Crippen molar-refractivity contribution in [2.24, 2.45) is 0 Å². The van der Waals surface area contributed by atoms with Crippen molar-refractivity contribution in [3.05, 3.63) is 107 Å². The van der Waals surface area contributed by atoms with Gasteiger partial charge in [0.25, 0.3) is 5.91 Å². The normalized spacial score (nSPS) is 12.0. The highest BCUT2D eigenvalue weighted by atomic mass is 19.4. The number of aromatic amines is 1. The molecule has 1 heterocycles. The molecule has 1 aromatic heterocycles. The van der Waals surface area contributed by atoms with Crippen molar-refractivity contribution in [1.82, 2.24) is 10.3 Å². The molecule has 0 aliphatic carbocycles. The van der Waals surface area contributed by atoms with Crippen LogP contribution in [0.5, 0.6) is 0 Å². The average Bonchev–Trinajstić information content (AvgIpc) is 3.40. The number of aromatic nitrogens is 1. The predicted octanol–water partition coefficient (Wildman–Crippen LogP) is 6.56. The van der Waals surface area contributed by atoms with E-state index in [0.29, 0.717) is 32.9 Å². The van der Waals surface area contributed by atoms with Gasteiger partial charge in [-0.15, -0.1) is 0 Å². The highest BCUT2D eigenvalue weighted by molar-refractivity contribution is 6.10. The number of fused-ring (bicyclic) bond motifs is 2. The van der Waals surface area contributed by atoms with Gasteiger partial charge in [-0.05, 0) is 59.5 Å². The Bertz CT molecular complexity index is 1930. The Hall–Kier alpha value is -5.65. The number of alkyl halides is 3. The number of hydrogen-bond acceptors (Lipinski definition) is 5. The summed E-state index contributed by atoms with van der Waals surface area (Å²) in [6.45, 7) is 3.65. The predicted molar refractivity (Wildman–Crippen MR) is 163 cm³/mol. The van der Waals surface area contributed by atoms with Gasteiger partial charge < -0.3 is 25.7 Å². The molecule has 0 saturated heterocycles. The Morgan fingerprint density at radius 2 is 1.49 bits per heavy atom. The molecule has 0 bridgehead atoms. The number of ether oxygens (including phenoxy) is 1. The van der Waals surface area contributed by atoms with E-state index in [1.807, 2.05) is 32.0 Å². The molecule has 5 rings (SSSR count). The van der Waals surface area contributed by atoms with E-state index < -0.39 is 36.1 Å². The van der Waals surface area contributed by atoms with Crippen LogP contribution in [0.3, 0.4) is 0 Å². The van der Waals surface area contributed by atoms with Gasteiger partial charge in [0.05, 0.1) is 11.3 Å². The number of hydrogen-bond donors (Lipinski definition) is 4. The highest BCUT2D eigenvalue weighted by Crippen LogP contribution is 2.27. The van der Waals surface area contributed by atoms with E-state index in [1.54, 1.807) is 60.8 Å². The molecular formula is C33H27F3N4O5. The van der Waals surface area contributed by atoms with E-state index in [1.165, 1.54) is 6.07 Å². The number of anilines is 2. The molecule has 9 nitrogen and oxygen atoms in total. The number of benzene rings is 4. The lowest BCUT2D eigenvalue weighted by atomic mass is 10.0. The van der Waals surface area contributed by atoms with Crippen LogP contribution >= 0.6 is 0 Å². The minimum absolute atomic E-state index is 0.0699. The van der Waals surface area contributed by atoms with Gasteiger partial charge in [0.2, 0.25) is 0 Å². The summed E-state index contributed by atoms with van der Waals surface area (Å²) in [5.74, 6) is -5.20. The monoisotopic (exact) mass is 616 g/mol. The second-order valence-corrected chi connectivity index (χ2v) is 10.4. The van der Waals surface area contributed by atoms with Crippen molar-refractivity contribution in [3.63, 3.8) is 0 Å². The Morgan fingerprint density at radius 1 is 0.844 bits per heavy atom. The van der Waals surface area contributed by atoms with Crippen LogP contribution in [0.4, 0.5) is 29.3 Å². The van der Waals surface area contributed by atoms with E-state index in [9.17, 15) is 32.3 Å². The number of nitrogens with one attached hydrogen (secondary N) is 4. The fraction of sp³-hybridized carbons (Fsp3) is 0.152. The third-order valence-electron chi connectivity index (χ3n) is 7.21. The second-order valence-electron chi connectivity index (χ2n) is 10.4. The Labute approximate surface area is 254 Å². The maximum atomic E-state index is 13.7. The number of esters is 2. The highest BCUT2D eigenvalue weighted by Gasteiger charge is 2.43. The van der Waals surface area contributed by atoms with Crippen molar-refractivity contribution >= 4 is 56.9 Å². The van der Waals surface area contributed by atoms with Gasteiger partial charge in [-0.1, -0.05) is 60.7 Å². The SMILES string of the molecule is Cc1cccc(C)c1NC(=O)Nc1cc2ccccc2cc1C(=O)N[C@@H](Cc1c[nH]c2ccccc12)C(=O)OC(=O)C(F)(F)F. The lowest BCUT2D eigenvalue weighted by Crippen LogP contribution is -2.45. The first-order valence-electron chi connectivity index (χ1n) is 13.8. The number of halogens is 3. The molecule has 12 heteroatoms. The van der Waals surface area contributed by atoms with Crippen molar-refractivity contribution in [3.8, 4) is 0 Å². The fourth-order valence-corrected chi connectivity index (χ4v) is 4.98. The van der Waals surface area contributed by atoms with E-state index in [-0.39, 0.29) is 17.7 Å². The van der Waals surface area contributed by atoms with E-state index >= 15 is 0 Å². The zero-order chi connectivity index (χ0) is 32.3. The zero-order valence-electron chi connectivity index (χ0n) is 24.0. The molecule has 45 heavy (non-hydrogen) atoms. The van der Waals surface area contributed by atoms with Gasteiger partial charge in [-0.3, -0.25) is 4.79 Å². The molecular weight excluding hydrogens is 589 g/mol. The van der Waals surface area contributed by atoms with Crippen molar-refractivity contribution in [2.75, 3.05) is 10.6 Å². The summed E-state index contributed by atoms with van der Waals surface area (Å²) >= 11 is 0. The standard InChI is InChI=1S/C33H27F3N4O5/c1-18-8-7-9-19(2)28(18)40-32(44)39-26-15-21-11-4-3-10-20(21)14-24(26)29(41)38-27(30(42)45-31(43)33(34,35)36)16-22-17-37-25-13-6-5-12-23(22)25/h3-15,17,27,37H,16H2,1-2H3,(H,38,41)(H2,39,40,44)/t27-/m0/s1. The van der Waals surface area contributed by atoms with Gasteiger partial charge >= 0.3 is 24.1 Å². The summed E-state index contributed by atoms with van der Waals surface area (Å²) < 4.78 is 43.0. The zero-order valence-corrected chi connectivity index (χ0v) is 24.0. The first kappa shape index (κ1) is 30.8. The molecule has 0 aliphatic rings. The van der Waals surface area contributed by atoms with Gasteiger partial charge in [-0.2, -0.15) is 13.2 Å². The van der Waals surface area contributed by atoms with Crippen LogP contribution < -0.4 is 16.0 Å². The summed E-state index contributed by atoms with van der Waals surface area (Å²) in [5.41, 5.74) is 3.37. The lowest BCUT2D eigenvalue weighted by Gasteiger charge is -2.19. The van der Waals surface area contributed by atoms with Gasteiger partial charge in [0, 0.05) is 29.2 Å². The number of carbonyl (C=O) groups excluding carboxylic acids is 4. The van der Waals surface area contributed by atoms with Crippen LogP contribution in [-0.4, -0.2) is 41.1 Å². The molecule has 0 fully saturated rings. The Morgan fingerprint density at radius 3 is 2.18 bits per heavy atom. The number of urea groups is 1. The van der Waals surface area contributed by atoms with E-state index in [0.717, 1.165) is 11.1 Å². The minimum Gasteiger partial charge on any atom is -0.385 e. The van der Waals surface area contributed by atoms with Crippen LogP contribution in [0.15, 0.2) is 85.1 Å². The number of amides is 3. The summed E-state index contributed by atoms with van der Waals surface area (Å²) in [6, 6.07) is 20.2. The molecule has 4 aromatic carbocycles. The Balaban J connectivity index is 1.47. The Kier molecular flexibility index (Phi) is 8.57. The molecule has 3 amide bonds. The van der Waals surface area contributed by atoms with Gasteiger partial charge in [0.15, 0.2) is 0 Å². The maximum absolute atomic E-state index is 13.7. The first-order chi connectivity index (χ1) is 21.4. The summed E-state index contributed by atoms with van der Waals surface area (Å²) in [6.07, 6.45) is -4.18. The second kappa shape index (κ2) is 12.5. The molecule has 0 unspecified atom stereocenters. The summed E-state index contributed by atoms with van der Waals surface area (Å²) in [5, 5.41) is 9.83. The fourth-order valence-electron chi connectivity index (χ4n) is 4.98. The van der Waals surface area contributed by atoms with Gasteiger partial charge in [0.1, 0.15) is 6.04 Å². The van der Waals surface area contributed by atoms with Crippen LogP contribution in [-0.2, 0) is 20.7 Å². The van der Waals surface area contributed by atoms with Crippen LogP contribution in [0, 0.1) is 13.8 Å². The van der Waals surface area contributed by atoms with Gasteiger partial charge in [-0.25, -0.2) is 14.4 Å². The van der Waals surface area contributed by atoms with Crippen molar-refractivity contribution in [2.45, 2.75) is 32.5 Å². The molecule has 0 spiro atoms. The molecule has 0 radical (unpaired) electrons. The quantitative estimate of drug-likeness (QED) is 0.122. The number of H-pyrrole nitrogens is 1. The minimum atomic E-state index is -5.43. The number of rotatable bonds is 7. The number of carbonyl (C=O) groups is 4. The summed E-state index contributed by atoms with van der Waals surface area (Å²) in [7, 11) is 0. The van der Waals surface area contributed by atoms with Crippen molar-refractivity contribution < 1.29 is 37.1 Å². The van der Waals surface area contributed by atoms with E-state index in [4.69, 9.17) is 0 Å². The third-order valence-corrected chi connectivity index (χ3v) is 7.21. The first-order valence-corrected chi connectivity index (χ1v) is 13.8. The molecule has 230 valence electrons. The van der Waals surface area contributed by atoms with Crippen molar-refractivity contribution in [1.29, 1.82) is 0 Å². The molecule has 0 saturated carbocycles. The molecule has 5 aromatic rings. The molecule has 4 N–H and O–H groups in total. The average molecular weight is 617 g/mol. The van der Waals surface area contributed by atoms with Crippen LogP contribution in [0.25, 0.3) is 21.7 Å². The number of para-hydroxylation sites is 2. The number of aryl methyl sites for hydroxylation is 2. The maximum Gasteiger partial charge on any atom is 0.491 e. The largest absolute Gasteiger partial charge is 0.491 e. The van der Waals surface area contributed by atoms with E-state index in [2.05, 4.69) is 25.7 Å². The lowest BCUT2D eigenvalue weighted by molar-refractivity contribution is -0.202. The third kappa shape index (κ3) is 6.96. The van der Waals surface area contributed by atoms with Crippen LogP contribution in [0.1, 0.15) is 27.0 Å². The molecule has 1 atom stereocenters. The molecule has 0 aliphatic heterocycles. The topological polar surface area (TPSA) is 129 Å². The smallest absolute Gasteiger partial charge is 0.385 e. The summed E-state index contributed by atoms with van der Waals surface area (Å²) in [4.78, 5) is 54.3. The van der Waals surface area contributed by atoms with Crippen LogP contribution in [0.2, 0.25) is 0 Å².